The van der Waals surface area contributed by atoms with Crippen LogP contribution in [0.5, 0.6) is 0 Å². The number of amides is 1. The number of halogens is 2. The quantitative estimate of drug-likeness (QED) is 0.363. The van der Waals surface area contributed by atoms with Gasteiger partial charge >= 0.3 is 5.97 Å². The summed E-state index contributed by atoms with van der Waals surface area (Å²) in [5.74, 6) is -2.02. The minimum atomic E-state index is -1.32. The molecule has 1 saturated heterocycles. The summed E-state index contributed by atoms with van der Waals surface area (Å²) < 4.78 is 20.1. The minimum absolute atomic E-state index is 0.0165. The van der Waals surface area contributed by atoms with Gasteiger partial charge < -0.3 is 20.5 Å². The Kier molecular flexibility index (Phi) is 7.77. The molecule has 2 aliphatic rings. The van der Waals surface area contributed by atoms with Crippen molar-refractivity contribution in [3.8, 4) is 11.3 Å². The van der Waals surface area contributed by atoms with E-state index in [0.717, 1.165) is 15.3 Å². The Bertz CT molecular complexity index is 1540. The number of carbonyl (C=O) groups excluding carboxylic acids is 1. The lowest BCUT2D eigenvalue weighted by molar-refractivity contribution is -0.129. The molecule has 1 aromatic heterocycles. The highest BCUT2D eigenvalue weighted by molar-refractivity contribution is 8.01. The summed E-state index contributed by atoms with van der Waals surface area (Å²) >= 11 is 9.37. The molecule has 0 radical (unpaired) electrons. The third-order valence-electron chi connectivity index (χ3n) is 6.38. The molecule has 0 aliphatic carbocycles. The number of nitrogens with two attached hydrogens (primary N) is 1. The van der Waals surface area contributed by atoms with Crippen molar-refractivity contribution in [2.75, 3.05) is 26.3 Å². The van der Waals surface area contributed by atoms with E-state index in [0.29, 0.717) is 48.1 Å². The molecule has 1 unspecified atom stereocenters. The fourth-order valence-corrected chi connectivity index (χ4v) is 7.25. The molecular weight excluding hydrogens is 563 g/mol. The Hall–Kier alpha value is -3.25. The van der Waals surface area contributed by atoms with E-state index >= 15 is 0 Å². The molecule has 1 amide bonds. The average Bonchev–Trinajstić information content (AvgIpc) is 3.30. The molecule has 39 heavy (non-hydrogen) atoms. The van der Waals surface area contributed by atoms with Gasteiger partial charge in [0.2, 0.25) is 5.13 Å². The van der Waals surface area contributed by atoms with E-state index < -0.39 is 11.8 Å². The van der Waals surface area contributed by atoms with Crippen molar-refractivity contribution in [1.82, 2.24) is 9.88 Å². The van der Waals surface area contributed by atoms with Crippen molar-refractivity contribution in [3.63, 3.8) is 0 Å². The molecule has 8 nitrogen and oxygen atoms in total. The van der Waals surface area contributed by atoms with Crippen LogP contribution in [0.4, 0.5) is 9.52 Å². The second-order valence-electron chi connectivity index (χ2n) is 9.05. The highest BCUT2D eigenvalue weighted by atomic mass is 35.5. The number of carbonyl (C=O) groups is 2. The average molecular weight is 587 g/mol. The van der Waals surface area contributed by atoms with Crippen molar-refractivity contribution >= 4 is 63.0 Å². The first-order chi connectivity index (χ1) is 18.6. The first-order valence-corrected chi connectivity index (χ1v) is 14.1. The number of benzene rings is 2. The Morgan fingerprint density at radius 1 is 1.26 bits per heavy atom. The van der Waals surface area contributed by atoms with E-state index in [9.17, 15) is 19.1 Å². The molecule has 0 spiro atoms. The Balaban J connectivity index is 1.58. The first kappa shape index (κ1) is 27.3. The number of allylic oxidation sites excluding steroid dienone is 1. The van der Waals surface area contributed by atoms with E-state index in [-0.39, 0.29) is 33.3 Å². The molecule has 0 bridgehead atoms. The van der Waals surface area contributed by atoms with Gasteiger partial charge in [-0.05, 0) is 49.2 Å². The Morgan fingerprint density at radius 2 is 2.00 bits per heavy atom. The lowest BCUT2D eigenvalue weighted by Gasteiger charge is -2.28. The SMILES string of the molecule is CC(N)=C(C(=Nc1nc2c(s1)SC(C)c1cc(Cl)c(C(=O)N3CCOCC3)cc1-2)C(=O)O)c1cccc(F)c1. The maximum atomic E-state index is 13.9. The van der Waals surface area contributed by atoms with E-state index in [1.165, 1.54) is 36.5 Å². The Morgan fingerprint density at radius 3 is 2.67 bits per heavy atom. The second-order valence-corrected chi connectivity index (χ2v) is 12.0. The molecule has 12 heteroatoms. The second kappa shape index (κ2) is 11.1. The fourth-order valence-electron chi connectivity index (χ4n) is 4.55. The molecular formula is C27H24ClFN4O4S2. The molecule has 3 N–H and O–H groups in total. The lowest BCUT2D eigenvalue weighted by Crippen LogP contribution is -2.40. The number of aromatic nitrogens is 1. The number of thiazole rings is 1. The van der Waals surface area contributed by atoms with Crippen LogP contribution in [0.1, 0.15) is 40.6 Å². The molecule has 2 aliphatic heterocycles. The third kappa shape index (κ3) is 5.44. The van der Waals surface area contributed by atoms with Crippen molar-refractivity contribution in [3.05, 3.63) is 69.6 Å². The van der Waals surface area contributed by atoms with Crippen molar-refractivity contribution in [2.24, 2.45) is 10.7 Å². The number of hydrogen-bond acceptors (Lipinski definition) is 8. The van der Waals surface area contributed by atoms with Crippen molar-refractivity contribution in [2.45, 2.75) is 23.3 Å². The van der Waals surface area contributed by atoms with E-state index in [1.807, 2.05) is 6.92 Å². The number of aliphatic imine (C=N–C) groups is 1. The zero-order chi connectivity index (χ0) is 27.8. The van der Waals surface area contributed by atoms with Gasteiger partial charge in [-0.2, -0.15) is 0 Å². The van der Waals surface area contributed by atoms with Crippen LogP contribution < -0.4 is 5.73 Å². The van der Waals surface area contributed by atoms with Crippen LogP contribution >= 0.6 is 34.7 Å². The number of fused-ring (bicyclic) bond motifs is 3. The predicted molar refractivity (Wildman–Crippen MR) is 151 cm³/mol. The van der Waals surface area contributed by atoms with Crippen LogP contribution in [0, 0.1) is 5.82 Å². The van der Waals surface area contributed by atoms with Gasteiger partial charge in [-0.25, -0.2) is 19.2 Å². The number of ether oxygens (including phenoxy) is 1. The molecule has 5 rings (SSSR count). The van der Waals surface area contributed by atoms with Gasteiger partial charge in [-0.3, -0.25) is 4.79 Å². The number of carboxylic acids is 1. The maximum Gasteiger partial charge on any atom is 0.355 e. The Labute approximate surface area is 237 Å². The van der Waals surface area contributed by atoms with Gasteiger partial charge in [0.05, 0.1) is 33.7 Å². The molecule has 3 heterocycles. The van der Waals surface area contributed by atoms with Gasteiger partial charge in [0.25, 0.3) is 5.91 Å². The van der Waals surface area contributed by atoms with Crippen LogP contribution in [0.15, 0.2) is 51.3 Å². The highest BCUT2D eigenvalue weighted by Crippen LogP contribution is 2.53. The summed E-state index contributed by atoms with van der Waals surface area (Å²) in [4.78, 5) is 36.3. The fraction of sp³-hybridized carbons (Fsp3) is 0.259. The van der Waals surface area contributed by atoms with E-state index in [4.69, 9.17) is 22.1 Å². The normalized spacial score (nSPS) is 17.8. The van der Waals surface area contributed by atoms with Crippen molar-refractivity contribution in [1.29, 1.82) is 0 Å². The van der Waals surface area contributed by atoms with Gasteiger partial charge in [-0.1, -0.05) is 35.1 Å². The number of aliphatic carboxylic acids is 1. The molecule has 1 atom stereocenters. The first-order valence-electron chi connectivity index (χ1n) is 12.1. The molecule has 1 fully saturated rings. The molecule has 2 aromatic carbocycles. The highest BCUT2D eigenvalue weighted by Gasteiger charge is 2.31. The van der Waals surface area contributed by atoms with Gasteiger partial charge in [0.1, 0.15) is 5.82 Å². The zero-order valence-electron chi connectivity index (χ0n) is 21.0. The number of nitrogens with zero attached hydrogens (tertiary/aromatic N) is 3. The van der Waals surface area contributed by atoms with Gasteiger partial charge in [-0.15, -0.1) is 11.8 Å². The number of carboxylic acid groups (broad SMARTS) is 1. The summed E-state index contributed by atoms with van der Waals surface area (Å²) in [6, 6.07) is 9.09. The van der Waals surface area contributed by atoms with Crippen LogP contribution in [-0.4, -0.2) is 58.9 Å². The monoisotopic (exact) mass is 586 g/mol. The third-order valence-corrected chi connectivity index (χ3v) is 8.99. The van der Waals surface area contributed by atoms with E-state index in [2.05, 4.69) is 9.98 Å². The summed E-state index contributed by atoms with van der Waals surface area (Å²) in [5, 5.41) is 10.6. The largest absolute Gasteiger partial charge is 0.476 e. The van der Waals surface area contributed by atoms with E-state index in [1.54, 1.807) is 34.9 Å². The number of thioether (sulfide) groups is 1. The van der Waals surface area contributed by atoms with Crippen LogP contribution in [0.25, 0.3) is 16.8 Å². The van der Waals surface area contributed by atoms with Gasteiger partial charge in [0, 0.05) is 35.2 Å². The number of morpholine rings is 1. The number of hydrogen-bond donors (Lipinski definition) is 2. The number of rotatable bonds is 5. The maximum absolute atomic E-state index is 13.9. The summed E-state index contributed by atoms with van der Waals surface area (Å²) in [7, 11) is 0. The molecule has 0 saturated carbocycles. The van der Waals surface area contributed by atoms with Gasteiger partial charge in [0.15, 0.2) is 5.71 Å². The standard InChI is InChI=1S/C27H24ClFN4O4S2/c1-13(30)21(15-4-3-5-16(29)10-15)23(25(35)36)32-27-31-22-18-11-19(24(34)33-6-8-37-9-7-33)20(28)12-17(18)14(2)38-26(22)39-27/h3-5,10-12,14H,6-9,30H2,1-2H3,(H,35,36). The predicted octanol–water partition coefficient (Wildman–Crippen LogP) is 5.79. The smallest absolute Gasteiger partial charge is 0.355 e. The minimum Gasteiger partial charge on any atom is -0.476 e. The topological polar surface area (TPSA) is 118 Å². The molecule has 3 aromatic rings. The van der Waals surface area contributed by atoms with Crippen LogP contribution in [-0.2, 0) is 9.53 Å². The van der Waals surface area contributed by atoms with Crippen LogP contribution in [0.2, 0.25) is 5.02 Å². The lowest BCUT2D eigenvalue weighted by atomic mass is 9.98. The summed E-state index contributed by atoms with van der Waals surface area (Å²) in [5.41, 5.74) is 8.95. The van der Waals surface area contributed by atoms with Crippen LogP contribution in [0.3, 0.4) is 0 Å². The summed E-state index contributed by atoms with van der Waals surface area (Å²) in [6.07, 6.45) is 0. The summed E-state index contributed by atoms with van der Waals surface area (Å²) in [6.45, 7) is 5.48. The zero-order valence-corrected chi connectivity index (χ0v) is 23.4. The van der Waals surface area contributed by atoms with Crippen molar-refractivity contribution < 1.29 is 23.8 Å². The molecule has 202 valence electrons.